The number of hydrogen-bond donors (Lipinski definition) is 2. The first-order valence-electron chi connectivity index (χ1n) is 7.68. The number of rotatable bonds is 6. The fourth-order valence-electron chi connectivity index (χ4n) is 3.04. The van der Waals surface area contributed by atoms with Crippen molar-refractivity contribution in [3.8, 4) is 0 Å². The molecular formula is C14H24F3N3OS. The highest BCUT2D eigenvalue weighted by Crippen LogP contribution is 2.42. The molecule has 1 heterocycles. The minimum Gasteiger partial charge on any atom is -0.338 e. The van der Waals surface area contributed by atoms with Crippen LogP contribution in [0.15, 0.2) is 0 Å². The summed E-state index contributed by atoms with van der Waals surface area (Å²) in [5.41, 5.74) is 0. The van der Waals surface area contributed by atoms with E-state index in [1.807, 2.05) is 0 Å². The van der Waals surface area contributed by atoms with Gasteiger partial charge in [0.2, 0.25) is 0 Å². The van der Waals surface area contributed by atoms with Crippen LogP contribution in [0.4, 0.5) is 18.0 Å². The third-order valence-corrected chi connectivity index (χ3v) is 6.01. The van der Waals surface area contributed by atoms with Crippen LogP contribution in [0.25, 0.3) is 0 Å². The highest BCUT2D eigenvalue weighted by atomic mass is 32.2. The summed E-state index contributed by atoms with van der Waals surface area (Å²) in [4.78, 5) is 13.2. The molecule has 1 aliphatic heterocycles. The van der Waals surface area contributed by atoms with Crippen LogP contribution in [0.5, 0.6) is 0 Å². The van der Waals surface area contributed by atoms with Gasteiger partial charge in [0.1, 0.15) is 0 Å². The first-order valence-corrected chi connectivity index (χ1v) is 8.90. The van der Waals surface area contributed by atoms with Crippen LogP contribution in [-0.4, -0.2) is 60.8 Å². The molecule has 1 saturated carbocycles. The van der Waals surface area contributed by atoms with Crippen molar-refractivity contribution < 1.29 is 18.0 Å². The van der Waals surface area contributed by atoms with E-state index in [4.69, 9.17) is 0 Å². The summed E-state index contributed by atoms with van der Waals surface area (Å²) in [5.74, 6) is 0.103. The molecule has 2 rings (SSSR count). The van der Waals surface area contributed by atoms with Crippen LogP contribution in [0, 0.1) is 5.92 Å². The average Bonchev–Trinajstić information content (AvgIpc) is 2.81. The van der Waals surface area contributed by atoms with Crippen molar-refractivity contribution in [2.75, 3.05) is 39.0 Å². The number of carbonyl (C=O) groups excluding carboxylic acids is 1. The highest BCUT2D eigenvalue weighted by Gasteiger charge is 2.36. The van der Waals surface area contributed by atoms with Crippen molar-refractivity contribution in [1.82, 2.24) is 15.5 Å². The molecule has 22 heavy (non-hydrogen) atoms. The molecule has 2 aliphatic rings. The zero-order valence-corrected chi connectivity index (χ0v) is 13.7. The highest BCUT2D eigenvalue weighted by molar-refractivity contribution is 8.00. The number of thioether (sulfide) groups is 1. The largest absolute Gasteiger partial charge is 0.401 e. The van der Waals surface area contributed by atoms with Crippen LogP contribution in [0.2, 0.25) is 0 Å². The van der Waals surface area contributed by atoms with Gasteiger partial charge in [0, 0.05) is 24.4 Å². The van der Waals surface area contributed by atoms with E-state index in [0.717, 1.165) is 12.8 Å². The molecule has 4 nitrogen and oxygen atoms in total. The lowest BCUT2D eigenvalue weighted by Crippen LogP contribution is -2.48. The van der Waals surface area contributed by atoms with E-state index < -0.39 is 12.7 Å². The Hall–Kier alpha value is -0.630. The number of likely N-dealkylation sites (tertiary alicyclic amines) is 1. The molecule has 0 radical (unpaired) electrons. The van der Waals surface area contributed by atoms with Crippen molar-refractivity contribution in [1.29, 1.82) is 0 Å². The first-order chi connectivity index (χ1) is 10.3. The normalized spacial score (nSPS) is 24.8. The monoisotopic (exact) mass is 339 g/mol. The van der Waals surface area contributed by atoms with Crippen LogP contribution in [-0.2, 0) is 0 Å². The van der Waals surface area contributed by atoms with Gasteiger partial charge in [-0.1, -0.05) is 6.42 Å². The van der Waals surface area contributed by atoms with E-state index in [0.29, 0.717) is 32.6 Å². The van der Waals surface area contributed by atoms with Gasteiger partial charge in [-0.05, 0) is 38.0 Å². The smallest absolute Gasteiger partial charge is 0.338 e. The molecule has 2 amide bonds. The Bertz CT molecular complexity index is 383. The van der Waals surface area contributed by atoms with E-state index in [-0.39, 0.29) is 16.7 Å². The molecule has 0 aromatic carbocycles. The summed E-state index contributed by atoms with van der Waals surface area (Å²) >= 11 is 1.79. The van der Waals surface area contributed by atoms with Gasteiger partial charge in [-0.2, -0.15) is 24.9 Å². The number of carbonyl (C=O) groups is 1. The third kappa shape index (κ3) is 5.22. The Morgan fingerprint density at radius 2 is 2.09 bits per heavy atom. The van der Waals surface area contributed by atoms with Crippen molar-refractivity contribution in [2.24, 2.45) is 5.92 Å². The van der Waals surface area contributed by atoms with E-state index in [9.17, 15) is 18.0 Å². The second kappa shape index (κ2) is 7.29. The molecule has 0 spiro atoms. The van der Waals surface area contributed by atoms with Gasteiger partial charge in [0.05, 0.1) is 6.54 Å². The minimum atomic E-state index is -4.14. The fourth-order valence-corrected chi connectivity index (χ4v) is 3.96. The zero-order valence-electron chi connectivity index (χ0n) is 12.8. The summed E-state index contributed by atoms with van der Waals surface area (Å²) in [6.07, 6.45) is 2.08. The summed E-state index contributed by atoms with van der Waals surface area (Å²) in [5, 5.41) is 5.67. The minimum absolute atomic E-state index is 0.103. The van der Waals surface area contributed by atoms with Gasteiger partial charge in [0.15, 0.2) is 0 Å². The Morgan fingerprint density at radius 3 is 2.64 bits per heavy atom. The number of hydrogen-bond acceptors (Lipinski definition) is 3. The predicted molar refractivity (Wildman–Crippen MR) is 82.1 cm³/mol. The third-order valence-electron chi connectivity index (χ3n) is 4.59. The molecule has 1 aliphatic carbocycles. The number of alkyl halides is 3. The number of urea groups is 1. The molecule has 1 saturated heterocycles. The van der Waals surface area contributed by atoms with Gasteiger partial charge in [-0.15, -0.1) is 0 Å². The van der Waals surface area contributed by atoms with Crippen molar-refractivity contribution in [3.05, 3.63) is 0 Å². The fraction of sp³-hybridized carbons (Fsp3) is 0.929. The van der Waals surface area contributed by atoms with Crippen molar-refractivity contribution in [2.45, 2.75) is 36.6 Å². The Balaban J connectivity index is 1.61. The maximum Gasteiger partial charge on any atom is 0.401 e. The number of nitrogens with one attached hydrogen (secondary N) is 2. The van der Waals surface area contributed by atoms with Gasteiger partial charge in [0.25, 0.3) is 0 Å². The topological polar surface area (TPSA) is 44.4 Å². The average molecular weight is 339 g/mol. The molecule has 0 aromatic rings. The summed E-state index contributed by atoms with van der Waals surface area (Å²) in [6.45, 7) is 1.08. The van der Waals surface area contributed by atoms with Gasteiger partial charge in [-0.3, -0.25) is 4.90 Å². The molecule has 0 aromatic heterocycles. The second-order valence-electron chi connectivity index (χ2n) is 6.31. The molecule has 1 atom stereocenters. The lowest BCUT2D eigenvalue weighted by atomic mass is 9.84. The zero-order chi connectivity index (χ0) is 16.2. The lowest BCUT2D eigenvalue weighted by Gasteiger charge is -2.40. The van der Waals surface area contributed by atoms with E-state index in [1.165, 1.54) is 11.3 Å². The molecular weight excluding hydrogens is 315 g/mol. The Morgan fingerprint density at radius 1 is 1.36 bits per heavy atom. The van der Waals surface area contributed by atoms with Gasteiger partial charge in [-0.25, -0.2) is 4.79 Å². The molecule has 2 fully saturated rings. The molecule has 8 heteroatoms. The van der Waals surface area contributed by atoms with Gasteiger partial charge < -0.3 is 10.6 Å². The predicted octanol–water partition coefficient (Wildman–Crippen LogP) is 2.46. The molecule has 1 unspecified atom stereocenters. The van der Waals surface area contributed by atoms with E-state index in [1.54, 1.807) is 11.8 Å². The number of amides is 2. The Kier molecular flexibility index (Phi) is 5.87. The standard InChI is InChI=1S/C14H24F3N3OS/c1-22-13(4-2-5-13)9-19-12(21)18-7-11-3-6-20(8-11)10-14(15,16)17/h11H,2-10H2,1H3,(H2,18,19,21). The maximum absolute atomic E-state index is 12.3. The molecule has 128 valence electrons. The molecule has 2 N–H and O–H groups in total. The SMILES string of the molecule is CSC1(CNC(=O)NCC2CCN(CC(F)(F)F)C2)CCC1. The second-order valence-corrected chi connectivity index (χ2v) is 7.58. The number of nitrogens with zero attached hydrogens (tertiary/aromatic N) is 1. The van der Waals surface area contributed by atoms with E-state index >= 15 is 0 Å². The van der Waals surface area contributed by atoms with Crippen molar-refractivity contribution >= 4 is 17.8 Å². The lowest BCUT2D eigenvalue weighted by molar-refractivity contribution is -0.143. The van der Waals surface area contributed by atoms with Crippen molar-refractivity contribution in [3.63, 3.8) is 0 Å². The van der Waals surface area contributed by atoms with Crippen LogP contribution in [0.1, 0.15) is 25.7 Å². The summed E-state index contributed by atoms with van der Waals surface area (Å²) in [7, 11) is 0. The Labute approximate surface area is 133 Å². The quantitative estimate of drug-likeness (QED) is 0.781. The van der Waals surface area contributed by atoms with E-state index in [2.05, 4.69) is 16.9 Å². The maximum atomic E-state index is 12.3. The summed E-state index contributed by atoms with van der Waals surface area (Å²) < 4.78 is 37.1. The first kappa shape index (κ1) is 17.7. The van der Waals surface area contributed by atoms with Crippen LogP contribution >= 0.6 is 11.8 Å². The van der Waals surface area contributed by atoms with Crippen LogP contribution in [0.3, 0.4) is 0 Å². The molecule has 0 bridgehead atoms. The van der Waals surface area contributed by atoms with Gasteiger partial charge >= 0.3 is 12.2 Å². The number of halogens is 3. The summed E-state index contributed by atoms with van der Waals surface area (Å²) in [6, 6.07) is -0.213. The van der Waals surface area contributed by atoms with Crippen LogP contribution < -0.4 is 10.6 Å².